The van der Waals surface area contributed by atoms with Crippen LogP contribution in [0.5, 0.6) is 0 Å². The van der Waals surface area contributed by atoms with Crippen molar-refractivity contribution in [1.82, 2.24) is 5.43 Å². The zero-order valence-electron chi connectivity index (χ0n) is 19.3. The number of halogens is 10. The van der Waals surface area contributed by atoms with E-state index in [9.17, 15) is 26.3 Å². The molecule has 0 aliphatic rings. The van der Waals surface area contributed by atoms with Crippen LogP contribution in [-0.4, -0.2) is 11.8 Å². The molecule has 0 spiro atoms. The molecule has 18 heteroatoms. The summed E-state index contributed by atoms with van der Waals surface area (Å²) in [5.41, 5.74) is 4.95. The van der Waals surface area contributed by atoms with Gasteiger partial charge in [-0.2, -0.15) is 52.5 Å². The molecule has 210 valence electrons. The van der Waals surface area contributed by atoms with E-state index in [1.54, 1.807) is 24.3 Å². The minimum atomic E-state index is -4.58. The van der Waals surface area contributed by atoms with Crippen LogP contribution in [0.25, 0.3) is 0 Å². The van der Waals surface area contributed by atoms with Crippen molar-refractivity contribution in [2.75, 3.05) is 10.9 Å². The van der Waals surface area contributed by atoms with Crippen LogP contribution in [0.1, 0.15) is 24.0 Å². The Morgan fingerprint density at radius 1 is 0.775 bits per heavy atom. The summed E-state index contributed by atoms with van der Waals surface area (Å²) in [4.78, 5) is 0. The molecule has 0 fully saturated rings. The molecule has 0 saturated carbocycles. The summed E-state index contributed by atoms with van der Waals surface area (Å²) in [6.07, 6.45) is -9.50. The number of nitrogens with one attached hydrogen (secondary N) is 3. The van der Waals surface area contributed by atoms with E-state index in [2.05, 4.69) is 21.4 Å². The van der Waals surface area contributed by atoms with Gasteiger partial charge in [0.25, 0.3) is 0 Å². The molecule has 0 aromatic heterocycles. The fraction of sp³-hybridized carbons (Fsp3) is 0.227. The van der Waals surface area contributed by atoms with Crippen molar-refractivity contribution < 1.29 is 26.3 Å². The normalized spacial score (nSPS) is 12.0. The van der Waals surface area contributed by atoms with Gasteiger partial charge < -0.3 is 5.43 Å². The van der Waals surface area contributed by atoms with E-state index in [0.29, 0.717) is 24.3 Å². The number of rotatable bonds is 7. The highest BCUT2D eigenvalue weighted by atomic mass is 35.5. The van der Waals surface area contributed by atoms with Crippen molar-refractivity contribution in [2.24, 2.45) is 5.10 Å². The molecule has 40 heavy (non-hydrogen) atoms. The van der Waals surface area contributed by atoms with Crippen LogP contribution in [0, 0.1) is 45.3 Å². The molecule has 8 nitrogen and oxygen atoms in total. The second-order valence-corrected chi connectivity index (χ2v) is 8.68. The van der Waals surface area contributed by atoms with Gasteiger partial charge in [-0.1, -0.05) is 46.4 Å². The van der Waals surface area contributed by atoms with Crippen LogP contribution < -0.4 is 16.3 Å². The second kappa shape index (κ2) is 15.2. The highest BCUT2D eigenvalue weighted by molar-refractivity contribution is 6.39. The lowest BCUT2D eigenvalue weighted by molar-refractivity contribution is -0.138. The number of hydrogen-bond acceptors (Lipinski definition) is 8. The van der Waals surface area contributed by atoms with E-state index in [1.165, 1.54) is 0 Å². The lowest BCUT2D eigenvalue weighted by atomic mass is 10.2. The average molecular weight is 644 g/mol. The Hall–Kier alpha value is -3.63. The number of nitrogens with zero attached hydrogens (tertiary/aromatic N) is 5. The molecular formula is C22H12Cl4F6N8. The first-order chi connectivity index (χ1) is 18.6. The molecule has 2 rings (SSSR count). The molecule has 0 aliphatic heterocycles. The van der Waals surface area contributed by atoms with Crippen LogP contribution in [0.2, 0.25) is 20.1 Å². The minimum Gasteiger partial charge on any atom is -0.317 e. The van der Waals surface area contributed by atoms with Gasteiger partial charge in [0.1, 0.15) is 12.1 Å². The number of hydrazine groups is 1. The number of nitriles is 4. The van der Waals surface area contributed by atoms with E-state index in [-0.39, 0.29) is 50.0 Å². The van der Waals surface area contributed by atoms with Gasteiger partial charge in [0, 0.05) is 0 Å². The number of anilines is 2. The zero-order chi connectivity index (χ0) is 30.7. The van der Waals surface area contributed by atoms with E-state index in [1.807, 2.05) is 0 Å². The largest absolute Gasteiger partial charge is 0.416 e. The molecule has 0 saturated heterocycles. The standard InChI is InChI=1S/C11H7Cl2F3N4.C11H5Cl2F3N4/c2*12-8-3-6(11(14,15)16)4-9(13)10(8)20-19-7(5-18)1-2-17/h3-4,7,19-20H,1H2;3-4,20H,1H2. The monoisotopic (exact) mass is 642 g/mol. The SMILES string of the molecule is N#CCC(C#N)=NNc1c(Cl)cc(C(F)(F)F)cc1Cl.N#CCC(C#N)NNc1c(Cl)cc(C(F)(F)F)cc1Cl. The predicted octanol–water partition coefficient (Wildman–Crippen LogP) is 7.95. The molecule has 0 amide bonds. The molecule has 2 aromatic carbocycles. The first-order valence-corrected chi connectivity index (χ1v) is 11.6. The van der Waals surface area contributed by atoms with Crippen LogP contribution >= 0.6 is 46.4 Å². The fourth-order valence-electron chi connectivity index (χ4n) is 2.38. The van der Waals surface area contributed by atoms with Crippen LogP contribution in [0.3, 0.4) is 0 Å². The van der Waals surface area contributed by atoms with Crippen molar-refractivity contribution in [3.63, 3.8) is 0 Å². The van der Waals surface area contributed by atoms with Gasteiger partial charge in [0.15, 0.2) is 5.71 Å². The first-order valence-electron chi connectivity index (χ1n) is 10.1. The Morgan fingerprint density at radius 2 is 1.23 bits per heavy atom. The molecule has 1 unspecified atom stereocenters. The minimum absolute atomic E-state index is 0.000442. The first kappa shape index (κ1) is 34.4. The topological polar surface area (TPSA) is 144 Å². The van der Waals surface area contributed by atoms with E-state index in [4.69, 9.17) is 67.5 Å². The van der Waals surface area contributed by atoms with Gasteiger partial charge in [0.05, 0.1) is 73.6 Å². The third kappa shape index (κ3) is 10.5. The van der Waals surface area contributed by atoms with Crippen molar-refractivity contribution in [2.45, 2.75) is 31.2 Å². The number of benzene rings is 2. The number of alkyl halides is 6. The van der Waals surface area contributed by atoms with Crippen molar-refractivity contribution in [3.8, 4) is 24.3 Å². The molecule has 0 radical (unpaired) electrons. The highest BCUT2D eigenvalue weighted by Gasteiger charge is 2.33. The summed E-state index contributed by atoms with van der Waals surface area (Å²) in [5.74, 6) is 0. The molecule has 1 atom stereocenters. The average Bonchev–Trinajstić information content (AvgIpc) is 2.85. The summed E-state index contributed by atoms with van der Waals surface area (Å²) in [6, 6.07) is 8.85. The Kier molecular flexibility index (Phi) is 13.1. The van der Waals surface area contributed by atoms with Crippen molar-refractivity contribution in [1.29, 1.82) is 21.0 Å². The zero-order valence-corrected chi connectivity index (χ0v) is 22.3. The van der Waals surface area contributed by atoms with Gasteiger partial charge in [-0.15, -0.1) is 0 Å². The summed E-state index contributed by atoms with van der Waals surface area (Å²) in [5, 5.41) is 36.6. The Bertz CT molecular complexity index is 1370. The number of hydrazone groups is 1. The highest BCUT2D eigenvalue weighted by Crippen LogP contribution is 2.39. The quantitative estimate of drug-likeness (QED) is 0.158. The summed E-state index contributed by atoms with van der Waals surface area (Å²) in [6.45, 7) is 0. The van der Waals surface area contributed by atoms with Crippen molar-refractivity contribution in [3.05, 3.63) is 55.5 Å². The lowest BCUT2D eigenvalue weighted by Crippen LogP contribution is -2.32. The molecule has 0 bridgehead atoms. The fourth-order valence-corrected chi connectivity index (χ4v) is 3.53. The van der Waals surface area contributed by atoms with Crippen LogP contribution in [0.15, 0.2) is 29.4 Å². The summed E-state index contributed by atoms with van der Waals surface area (Å²) >= 11 is 22.8. The van der Waals surface area contributed by atoms with Crippen LogP contribution in [0.4, 0.5) is 37.7 Å². The lowest BCUT2D eigenvalue weighted by Gasteiger charge is -2.15. The maximum absolute atomic E-state index is 12.5. The second-order valence-electron chi connectivity index (χ2n) is 7.06. The maximum Gasteiger partial charge on any atom is 0.416 e. The van der Waals surface area contributed by atoms with Gasteiger partial charge in [-0.05, 0) is 24.3 Å². The summed E-state index contributed by atoms with van der Waals surface area (Å²) < 4.78 is 75.1. The Balaban J connectivity index is 0.000000400. The molecule has 0 heterocycles. The smallest absolute Gasteiger partial charge is 0.317 e. The van der Waals surface area contributed by atoms with Gasteiger partial charge >= 0.3 is 12.4 Å². The van der Waals surface area contributed by atoms with E-state index >= 15 is 0 Å². The molecule has 2 aromatic rings. The number of hydrogen-bond donors (Lipinski definition) is 3. The molecule has 3 N–H and O–H groups in total. The van der Waals surface area contributed by atoms with Gasteiger partial charge in [0.2, 0.25) is 0 Å². The van der Waals surface area contributed by atoms with E-state index in [0.717, 1.165) is 0 Å². The van der Waals surface area contributed by atoms with Gasteiger partial charge in [-0.3, -0.25) is 5.43 Å². The Morgan fingerprint density at radius 3 is 1.57 bits per heavy atom. The third-order valence-electron chi connectivity index (χ3n) is 4.24. The summed E-state index contributed by atoms with van der Waals surface area (Å²) in [7, 11) is 0. The van der Waals surface area contributed by atoms with Crippen LogP contribution in [-0.2, 0) is 12.4 Å². The molecule has 0 aliphatic carbocycles. The van der Waals surface area contributed by atoms with Crippen molar-refractivity contribution >= 4 is 63.5 Å². The third-order valence-corrected chi connectivity index (χ3v) is 5.43. The van der Waals surface area contributed by atoms with E-state index < -0.39 is 29.5 Å². The predicted molar refractivity (Wildman–Crippen MR) is 136 cm³/mol. The van der Waals surface area contributed by atoms with Gasteiger partial charge in [-0.25, -0.2) is 5.43 Å². The maximum atomic E-state index is 12.5. The molecular weight excluding hydrogens is 632 g/mol. The Labute approximate surface area is 242 Å².